The molecule has 0 fully saturated rings. The van der Waals surface area contributed by atoms with Crippen LogP contribution in [0.25, 0.3) is 16.6 Å². The maximum Gasteiger partial charge on any atom is 0.0498 e. The van der Waals surface area contributed by atoms with Crippen LogP contribution in [0.5, 0.6) is 0 Å². The summed E-state index contributed by atoms with van der Waals surface area (Å²) in [7, 11) is 2.09. The highest BCUT2D eigenvalue weighted by Crippen LogP contribution is 2.38. The van der Waals surface area contributed by atoms with Crippen molar-refractivity contribution in [3.8, 4) is 0 Å². The SMILES string of the molecule is C=C1c2c(C)cccc2CN1c1ccc2ccn(C)c2c1. The van der Waals surface area contributed by atoms with Crippen LogP contribution in [0.15, 0.2) is 55.2 Å². The van der Waals surface area contributed by atoms with Crippen molar-refractivity contribution in [1.82, 2.24) is 4.57 Å². The first kappa shape index (κ1) is 12.3. The molecule has 2 aromatic carbocycles. The lowest BCUT2D eigenvalue weighted by Crippen LogP contribution is -2.13. The van der Waals surface area contributed by atoms with Gasteiger partial charge in [0.15, 0.2) is 0 Å². The summed E-state index contributed by atoms with van der Waals surface area (Å²) >= 11 is 0. The van der Waals surface area contributed by atoms with Crippen LogP contribution in [0.1, 0.15) is 16.7 Å². The average molecular weight is 274 g/mol. The molecule has 104 valence electrons. The van der Waals surface area contributed by atoms with Crippen molar-refractivity contribution < 1.29 is 0 Å². The number of rotatable bonds is 1. The summed E-state index contributed by atoms with van der Waals surface area (Å²) in [6.45, 7) is 7.39. The molecule has 0 saturated carbocycles. The third-order valence-electron chi connectivity index (χ3n) is 4.49. The number of aromatic nitrogens is 1. The predicted molar refractivity (Wildman–Crippen MR) is 89.3 cm³/mol. The van der Waals surface area contributed by atoms with Gasteiger partial charge in [0.25, 0.3) is 0 Å². The minimum atomic E-state index is 0.909. The summed E-state index contributed by atoms with van der Waals surface area (Å²) < 4.78 is 2.16. The van der Waals surface area contributed by atoms with E-state index < -0.39 is 0 Å². The normalized spacial score (nSPS) is 14.0. The van der Waals surface area contributed by atoms with E-state index in [1.54, 1.807) is 0 Å². The van der Waals surface area contributed by atoms with Crippen molar-refractivity contribution in [1.29, 1.82) is 0 Å². The van der Waals surface area contributed by atoms with Gasteiger partial charge in [-0.2, -0.15) is 0 Å². The lowest BCUT2D eigenvalue weighted by Gasteiger charge is -2.20. The van der Waals surface area contributed by atoms with Crippen LogP contribution in [-0.4, -0.2) is 4.57 Å². The third kappa shape index (κ3) is 1.72. The Morgan fingerprint density at radius 2 is 1.95 bits per heavy atom. The second kappa shape index (κ2) is 4.26. The van der Waals surface area contributed by atoms with Crippen LogP contribution >= 0.6 is 0 Å². The Kier molecular flexibility index (Phi) is 2.49. The maximum atomic E-state index is 4.32. The minimum absolute atomic E-state index is 0.909. The monoisotopic (exact) mass is 274 g/mol. The molecule has 1 aromatic heterocycles. The molecule has 0 N–H and O–H groups in total. The largest absolute Gasteiger partial charge is 0.350 e. The highest BCUT2D eigenvalue weighted by atomic mass is 15.2. The number of fused-ring (bicyclic) bond motifs is 2. The molecular formula is C19H18N2. The van der Waals surface area contributed by atoms with Crippen molar-refractivity contribution in [2.24, 2.45) is 7.05 Å². The first-order valence-corrected chi connectivity index (χ1v) is 7.25. The van der Waals surface area contributed by atoms with E-state index in [0.717, 1.165) is 12.2 Å². The van der Waals surface area contributed by atoms with Gasteiger partial charge in [-0.15, -0.1) is 0 Å². The number of hydrogen-bond acceptors (Lipinski definition) is 1. The Balaban J connectivity index is 1.82. The van der Waals surface area contributed by atoms with Gasteiger partial charge in [0.2, 0.25) is 0 Å². The maximum absolute atomic E-state index is 4.32. The van der Waals surface area contributed by atoms with Crippen molar-refractivity contribution >= 4 is 22.3 Å². The Morgan fingerprint density at radius 3 is 2.76 bits per heavy atom. The van der Waals surface area contributed by atoms with Gasteiger partial charge in [-0.25, -0.2) is 0 Å². The van der Waals surface area contributed by atoms with Crippen LogP contribution in [0.3, 0.4) is 0 Å². The second-order valence-electron chi connectivity index (χ2n) is 5.81. The molecular weight excluding hydrogens is 256 g/mol. The molecule has 0 aliphatic carbocycles. The summed E-state index contributed by atoms with van der Waals surface area (Å²) in [6.07, 6.45) is 2.10. The van der Waals surface area contributed by atoms with Gasteiger partial charge in [0.1, 0.15) is 0 Å². The third-order valence-corrected chi connectivity index (χ3v) is 4.49. The molecule has 1 aliphatic rings. The fourth-order valence-corrected chi connectivity index (χ4v) is 3.34. The van der Waals surface area contributed by atoms with Gasteiger partial charge < -0.3 is 9.47 Å². The Bertz CT molecular complexity index is 870. The van der Waals surface area contributed by atoms with Crippen LogP contribution in [0, 0.1) is 6.92 Å². The number of benzene rings is 2. The molecule has 2 heteroatoms. The van der Waals surface area contributed by atoms with Crippen molar-refractivity contribution in [2.75, 3.05) is 4.90 Å². The number of nitrogens with zero attached hydrogens (tertiary/aromatic N) is 2. The lowest BCUT2D eigenvalue weighted by atomic mass is 10.0. The second-order valence-corrected chi connectivity index (χ2v) is 5.81. The van der Waals surface area contributed by atoms with Gasteiger partial charge in [-0.1, -0.05) is 30.8 Å². The molecule has 4 rings (SSSR count). The fraction of sp³-hybridized carbons (Fsp3) is 0.158. The zero-order chi connectivity index (χ0) is 14.6. The highest BCUT2D eigenvalue weighted by molar-refractivity contribution is 5.90. The summed E-state index contributed by atoms with van der Waals surface area (Å²) in [5.74, 6) is 0. The van der Waals surface area contributed by atoms with Crippen molar-refractivity contribution in [3.05, 3.63) is 71.9 Å². The number of anilines is 1. The topological polar surface area (TPSA) is 8.17 Å². The van der Waals surface area contributed by atoms with Gasteiger partial charge in [0, 0.05) is 42.3 Å². The zero-order valence-electron chi connectivity index (χ0n) is 12.4. The zero-order valence-corrected chi connectivity index (χ0v) is 12.4. The van der Waals surface area contributed by atoms with Crippen LogP contribution < -0.4 is 4.90 Å². The van der Waals surface area contributed by atoms with E-state index in [9.17, 15) is 0 Å². The van der Waals surface area contributed by atoms with Gasteiger partial charge in [-0.05, 0) is 41.6 Å². The summed E-state index contributed by atoms with van der Waals surface area (Å²) in [4.78, 5) is 2.31. The average Bonchev–Trinajstić information content (AvgIpc) is 3.01. The first-order chi connectivity index (χ1) is 10.1. The Hall–Kier alpha value is -2.48. The van der Waals surface area contributed by atoms with Crippen LogP contribution in [-0.2, 0) is 13.6 Å². The molecule has 2 nitrogen and oxygen atoms in total. The molecule has 1 aliphatic heterocycles. The number of hydrogen-bond donors (Lipinski definition) is 0. The smallest absolute Gasteiger partial charge is 0.0498 e. The van der Waals surface area contributed by atoms with Crippen LogP contribution in [0.4, 0.5) is 5.69 Å². The van der Waals surface area contributed by atoms with Crippen molar-refractivity contribution in [3.63, 3.8) is 0 Å². The molecule has 0 unspecified atom stereocenters. The lowest BCUT2D eigenvalue weighted by molar-refractivity contribution is 0.967. The van der Waals surface area contributed by atoms with E-state index in [1.165, 1.54) is 33.3 Å². The predicted octanol–water partition coefficient (Wildman–Crippen LogP) is 4.48. The highest BCUT2D eigenvalue weighted by Gasteiger charge is 2.24. The van der Waals surface area contributed by atoms with Gasteiger partial charge >= 0.3 is 0 Å². The van der Waals surface area contributed by atoms with Crippen molar-refractivity contribution in [2.45, 2.75) is 13.5 Å². The number of aryl methyl sites for hydroxylation is 2. The van der Waals surface area contributed by atoms with E-state index in [4.69, 9.17) is 0 Å². The quantitative estimate of drug-likeness (QED) is 0.635. The summed E-state index contributed by atoms with van der Waals surface area (Å²) in [5, 5.41) is 1.28. The molecule has 0 radical (unpaired) electrons. The first-order valence-electron chi connectivity index (χ1n) is 7.25. The summed E-state index contributed by atoms with van der Waals surface area (Å²) in [5.41, 5.74) is 7.56. The van der Waals surface area contributed by atoms with E-state index >= 15 is 0 Å². The molecule has 2 heterocycles. The van der Waals surface area contributed by atoms with E-state index in [-0.39, 0.29) is 0 Å². The molecule has 0 atom stereocenters. The molecule has 0 bridgehead atoms. The van der Waals surface area contributed by atoms with E-state index in [1.807, 2.05) is 0 Å². The van der Waals surface area contributed by atoms with E-state index in [0.29, 0.717) is 0 Å². The summed E-state index contributed by atoms with van der Waals surface area (Å²) in [6, 6.07) is 15.3. The molecule has 0 saturated heterocycles. The molecule has 0 amide bonds. The Morgan fingerprint density at radius 1 is 1.10 bits per heavy atom. The van der Waals surface area contributed by atoms with Gasteiger partial charge in [0.05, 0.1) is 0 Å². The standard InChI is InChI=1S/C19H18N2/c1-13-5-4-6-16-12-21(14(2)19(13)16)17-8-7-15-9-10-20(3)18(15)11-17/h4-11H,2,12H2,1,3H3. The van der Waals surface area contributed by atoms with Crippen LogP contribution in [0.2, 0.25) is 0 Å². The molecule has 21 heavy (non-hydrogen) atoms. The van der Waals surface area contributed by atoms with E-state index in [2.05, 4.69) is 78.7 Å². The fourth-order valence-electron chi connectivity index (χ4n) is 3.34. The molecule has 0 spiro atoms. The van der Waals surface area contributed by atoms with Gasteiger partial charge in [-0.3, -0.25) is 0 Å². The Labute approximate surface area is 124 Å². The molecule has 3 aromatic rings. The minimum Gasteiger partial charge on any atom is -0.350 e.